The minimum absolute atomic E-state index is 0.0839. The summed E-state index contributed by atoms with van der Waals surface area (Å²) in [4.78, 5) is 1.34. The Morgan fingerprint density at radius 3 is 3.22 bits per heavy atom. The number of thioether (sulfide) groups is 1. The van der Waals surface area contributed by atoms with E-state index in [0.29, 0.717) is 6.61 Å². The highest BCUT2D eigenvalue weighted by Gasteiger charge is 2.29. The molecule has 1 aromatic rings. The summed E-state index contributed by atoms with van der Waals surface area (Å²) in [6.07, 6.45) is 11.8. The molecule has 2 atom stereocenters. The summed E-state index contributed by atoms with van der Waals surface area (Å²) in [6, 6.07) is 6.43. The first-order valence-electron chi connectivity index (χ1n) is 9.71. The fourth-order valence-electron chi connectivity index (χ4n) is 3.73. The van der Waals surface area contributed by atoms with Crippen LogP contribution in [-0.4, -0.2) is 38.7 Å². The van der Waals surface area contributed by atoms with Crippen LogP contribution in [0.15, 0.2) is 58.9 Å². The van der Waals surface area contributed by atoms with Gasteiger partial charge in [-0.05, 0) is 48.8 Å². The van der Waals surface area contributed by atoms with Gasteiger partial charge in [-0.3, -0.25) is 0 Å². The largest absolute Gasteiger partial charge is 0.500 e. The molecule has 0 radical (unpaired) electrons. The fraction of sp³-hybridized carbons (Fsp3) is 0.455. The van der Waals surface area contributed by atoms with Gasteiger partial charge in [-0.25, -0.2) is 0 Å². The lowest BCUT2D eigenvalue weighted by Crippen LogP contribution is -2.34. The Kier molecular flexibility index (Phi) is 6.10. The van der Waals surface area contributed by atoms with Crippen LogP contribution in [0.5, 0.6) is 5.75 Å². The summed E-state index contributed by atoms with van der Waals surface area (Å²) in [7, 11) is 1.72. The van der Waals surface area contributed by atoms with Crippen molar-refractivity contribution in [1.29, 1.82) is 0 Å². The Labute approximate surface area is 165 Å². The van der Waals surface area contributed by atoms with Gasteiger partial charge in [0.1, 0.15) is 11.5 Å². The van der Waals surface area contributed by atoms with Gasteiger partial charge in [-0.2, -0.15) is 0 Å². The number of methoxy groups -OCH3 is 1. The van der Waals surface area contributed by atoms with Crippen LogP contribution in [0.25, 0.3) is 0 Å². The minimum atomic E-state index is 0.0839. The van der Waals surface area contributed by atoms with Crippen molar-refractivity contribution in [3.63, 3.8) is 0 Å². The van der Waals surface area contributed by atoms with Gasteiger partial charge in [-0.15, -0.1) is 11.8 Å². The number of nitrogens with one attached hydrogen (secondary N) is 1. The molecule has 0 amide bonds. The van der Waals surface area contributed by atoms with Crippen molar-refractivity contribution >= 4 is 11.8 Å². The molecule has 2 aliphatic heterocycles. The molecule has 0 saturated heterocycles. The molecule has 1 aromatic carbocycles. The molecule has 144 valence electrons. The Morgan fingerprint density at radius 1 is 1.33 bits per heavy atom. The van der Waals surface area contributed by atoms with E-state index in [0.717, 1.165) is 36.8 Å². The molecular weight excluding hydrogens is 358 g/mol. The average Bonchev–Trinajstić information content (AvgIpc) is 2.73. The molecule has 0 spiro atoms. The van der Waals surface area contributed by atoms with E-state index in [1.807, 2.05) is 23.9 Å². The highest BCUT2D eigenvalue weighted by atomic mass is 32.2. The van der Waals surface area contributed by atoms with Crippen molar-refractivity contribution in [3.8, 4) is 5.75 Å². The number of hydrogen-bond acceptors (Lipinski definition) is 5. The van der Waals surface area contributed by atoms with E-state index in [2.05, 4.69) is 35.7 Å². The molecule has 27 heavy (non-hydrogen) atoms. The number of rotatable bonds is 7. The van der Waals surface area contributed by atoms with E-state index in [9.17, 15) is 0 Å². The maximum absolute atomic E-state index is 6.06. The molecule has 0 fully saturated rings. The molecule has 4 rings (SSSR count). The average molecular weight is 386 g/mol. The van der Waals surface area contributed by atoms with Crippen LogP contribution in [0, 0.1) is 5.92 Å². The number of benzene rings is 1. The van der Waals surface area contributed by atoms with E-state index in [1.165, 1.54) is 29.1 Å². The van der Waals surface area contributed by atoms with E-state index >= 15 is 0 Å². The molecule has 4 nitrogen and oxygen atoms in total. The van der Waals surface area contributed by atoms with E-state index in [-0.39, 0.29) is 12.0 Å². The third-order valence-electron chi connectivity index (χ3n) is 5.12. The van der Waals surface area contributed by atoms with Crippen molar-refractivity contribution in [2.75, 3.05) is 32.6 Å². The number of aryl methyl sites for hydroxylation is 1. The summed E-state index contributed by atoms with van der Waals surface area (Å²) in [6.45, 7) is 2.21. The van der Waals surface area contributed by atoms with Crippen LogP contribution in [0.2, 0.25) is 0 Å². The van der Waals surface area contributed by atoms with Gasteiger partial charge in [0.2, 0.25) is 0 Å². The highest BCUT2D eigenvalue weighted by molar-refractivity contribution is 7.99. The van der Waals surface area contributed by atoms with Crippen molar-refractivity contribution in [3.05, 3.63) is 59.5 Å². The lowest BCUT2D eigenvalue weighted by atomic mass is 9.92. The van der Waals surface area contributed by atoms with Crippen LogP contribution in [0.4, 0.5) is 0 Å². The van der Waals surface area contributed by atoms with Crippen molar-refractivity contribution in [1.82, 2.24) is 5.32 Å². The predicted octanol–water partition coefficient (Wildman–Crippen LogP) is 4.08. The van der Waals surface area contributed by atoms with Crippen LogP contribution in [-0.2, 0) is 15.9 Å². The van der Waals surface area contributed by atoms with Crippen LogP contribution < -0.4 is 10.1 Å². The summed E-state index contributed by atoms with van der Waals surface area (Å²) in [5.74, 6) is 3.36. The third kappa shape index (κ3) is 4.36. The van der Waals surface area contributed by atoms with Gasteiger partial charge >= 0.3 is 0 Å². The zero-order valence-electron chi connectivity index (χ0n) is 15.8. The first-order chi connectivity index (χ1) is 13.3. The van der Waals surface area contributed by atoms with Gasteiger partial charge < -0.3 is 19.5 Å². The summed E-state index contributed by atoms with van der Waals surface area (Å²) < 4.78 is 17.5. The fourth-order valence-corrected chi connectivity index (χ4v) is 4.85. The second kappa shape index (κ2) is 8.89. The first-order valence-corrected chi connectivity index (χ1v) is 10.7. The molecule has 3 aliphatic rings. The second-order valence-corrected chi connectivity index (χ2v) is 8.08. The first kappa shape index (κ1) is 18.5. The van der Waals surface area contributed by atoms with Crippen LogP contribution in [0.3, 0.4) is 0 Å². The molecule has 5 heteroatoms. The zero-order chi connectivity index (χ0) is 18.5. The predicted molar refractivity (Wildman–Crippen MR) is 109 cm³/mol. The Morgan fingerprint density at radius 2 is 2.30 bits per heavy atom. The standard InChI is InChI=1S/C22H27NO3S/c1-24-19-8-3-9-20-18(19)14-17(15-26-20)23-11-5-12-25-21-10-2-6-16-7-4-13-27-22(16)21/h2-3,6,8-10,14,18,20,23H,4-5,7,11-13,15H2,1H3. The monoisotopic (exact) mass is 385 g/mol. The lowest BCUT2D eigenvalue weighted by molar-refractivity contribution is 0.0491. The number of allylic oxidation sites excluding steroid dienone is 2. The lowest BCUT2D eigenvalue weighted by Gasteiger charge is -2.31. The SMILES string of the molecule is COC1=CC=CC2OCC(NCCCOc3cccc4c3SCCC4)=CC12. The molecule has 0 saturated carbocycles. The third-order valence-corrected chi connectivity index (χ3v) is 6.36. The topological polar surface area (TPSA) is 39.7 Å². The molecule has 2 heterocycles. The molecule has 0 bridgehead atoms. The quantitative estimate of drug-likeness (QED) is 0.716. The van der Waals surface area contributed by atoms with Gasteiger partial charge in [0, 0.05) is 12.2 Å². The Hall–Kier alpha value is -1.85. The molecular formula is C22H27NO3S. The normalized spacial score (nSPS) is 23.6. The van der Waals surface area contributed by atoms with Crippen LogP contribution in [0.1, 0.15) is 18.4 Å². The minimum Gasteiger partial charge on any atom is -0.500 e. The van der Waals surface area contributed by atoms with Crippen LogP contribution >= 0.6 is 11.8 Å². The summed E-state index contributed by atoms with van der Waals surface area (Å²) >= 11 is 1.93. The molecule has 1 aliphatic carbocycles. The van der Waals surface area contributed by atoms with Gasteiger partial charge in [0.15, 0.2) is 0 Å². The van der Waals surface area contributed by atoms with Gasteiger partial charge in [0.25, 0.3) is 0 Å². The Bertz CT molecular complexity index is 756. The van der Waals surface area contributed by atoms with Gasteiger partial charge in [0.05, 0.1) is 37.2 Å². The van der Waals surface area contributed by atoms with Gasteiger partial charge in [-0.1, -0.05) is 24.3 Å². The number of hydrogen-bond donors (Lipinski definition) is 1. The summed E-state index contributed by atoms with van der Waals surface area (Å²) in [5, 5.41) is 3.49. The van der Waals surface area contributed by atoms with Crippen molar-refractivity contribution in [2.24, 2.45) is 5.92 Å². The van der Waals surface area contributed by atoms with Crippen molar-refractivity contribution < 1.29 is 14.2 Å². The second-order valence-electron chi connectivity index (χ2n) is 6.98. The Balaban J connectivity index is 1.25. The van der Waals surface area contributed by atoms with E-state index in [1.54, 1.807) is 7.11 Å². The molecule has 0 aromatic heterocycles. The number of fused-ring (bicyclic) bond motifs is 2. The molecule has 1 N–H and O–H groups in total. The maximum Gasteiger partial charge on any atom is 0.133 e. The number of ether oxygens (including phenoxy) is 3. The zero-order valence-corrected chi connectivity index (χ0v) is 16.6. The van der Waals surface area contributed by atoms with E-state index in [4.69, 9.17) is 14.2 Å². The summed E-state index contributed by atoms with van der Waals surface area (Å²) in [5.41, 5.74) is 2.56. The van der Waals surface area contributed by atoms with Crippen molar-refractivity contribution in [2.45, 2.75) is 30.3 Å². The van der Waals surface area contributed by atoms with E-state index < -0.39 is 0 Å². The highest BCUT2D eigenvalue weighted by Crippen LogP contribution is 2.37. The molecule has 2 unspecified atom stereocenters. The maximum atomic E-state index is 6.06. The smallest absolute Gasteiger partial charge is 0.133 e.